The van der Waals surface area contributed by atoms with Gasteiger partial charge in [-0.1, -0.05) is 54.6 Å². The van der Waals surface area contributed by atoms with Gasteiger partial charge in [-0.2, -0.15) is 0 Å². The van der Waals surface area contributed by atoms with Crippen LogP contribution in [0.5, 0.6) is 11.5 Å². The molecule has 1 aliphatic rings. The van der Waals surface area contributed by atoms with Gasteiger partial charge < -0.3 is 9.47 Å². The zero-order chi connectivity index (χ0) is 25.9. The van der Waals surface area contributed by atoms with Crippen LogP contribution in [0.1, 0.15) is 16.7 Å². The topological polar surface area (TPSA) is 84.9 Å². The van der Waals surface area contributed by atoms with E-state index in [4.69, 9.17) is 9.47 Å². The fraction of sp³-hybridized carbons (Fsp3) is 0.100. The maximum absolute atomic E-state index is 13.3. The van der Waals surface area contributed by atoms with Crippen molar-refractivity contribution in [2.75, 3.05) is 12.0 Å². The van der Waals surface area contributed by atoms with E-state index in [2.05, 4.69) is 23.5 Å². The van der Waals surface area contributed by atoms with Gasteiger partial charge >= 0.3 is 6.03 Å². The molecule has 1 heterocycles. The summed E-state index contributed by atoms with van der Waals surface area (Å²) in [5, 5.41) is 4.44. The number of carbonyl (C=O) groups is 3. The number of methoxy groups -OCH3 is 1. The molecule has 1 saturated heterocycles. The summed E-state index contributed by atoms with van der Waals surface area (Å²) in [6, 6.07) is 25.0. The summed E-state index contributed by atoms with van der Waals surface area (Å²) in [5.74, 6) is -0.490. The quantitative estimate of drug-likeness (QED) is 0.288. The lowest BCUT2D eigenvalue weighted by atomic mass is 10.0. The third-order valence-corrected chi connectivity index (χ3v) is 6.28. The van der Waals surface area contributed by atoms with Crippen LogP contribution in [0.4, 0.5) is 10.5 Å². The van der Waals surface area contributed by atoms with Crippen LogP contribution in [0.15, 0.2) is 90.5 Å². The molecule has 7 nitrogen and oxygen atoms in total. The molecule has 4 aromatic carbocycles. The number of amides is 4. The molecule has 0 aromatic heterocycles. The van der Waals surface area contributed by atoms with Gasteiger partial charge in [0.15, 0.2) is 0 Å². The van der Waals surface area contributed by atoms with Crippen LogP contribution < -0.4 is 19.7 Å². The highest BCUT2D eigenvalue weighted by Gasteiger charge is 2.36. The monoisotopic (exact) mass is 492 g/mol. The summed E-state index contributed by atoms with van der Waals surface area (Å²) in [7, 11) is 1.55. The van der Waals surface area contributed by atoms with Crippen LogP contribution in [0.2, 0.25) is 0 Å². The maximum Gasteiger partial charge on any atom is 0.335 e. The summed E-state index contributed by atoms with van der Waals surface area (Å²) >= 11 is 0. The van der Waals surface area contributed by atoms with E-state index in [9.17, 15) is 14.4 Å². The Morgan fingerprint density at radius 1 is 0.892 bits per heavy atom. The largest absolute Gasteiger partial charge is 0.497 e. The minimum absolute atomic E-state index is 0.181. The number of fused-ring (bicyclic) bond motifs is 1. The Balaban J connectivity index is 1.51. The highest BCUT2D eigenvalue weighted by Crippen LogP contribution is 2.31. The number of anilines is 1. The smallest absolute Gasteiger partial charge is 0.335 e. The predicted molar refractivity (Wildman–Crippen MR) is 141 cm³/mol. The number of nitrogens with one attached hydrogen (secondary N) is 1. The van der Waals surface area contributed by atoms with Gasteiger partial charge in [0.25, 0.3) is 11.8 Å². The highest BCUT2D eigenvalue weighted by atomic mass is 16.5. The van der Waals surface area contributed by atoms with E-state index < -0.39 is 17.8 Å². The Morgan fingerprint density at radius 3 is 2.43 bits per heavy atom. The molecule has 0 spiro atoms. The molecule has 4 aromatic rings. The molecule has 0 unspecified atom stereocenters. The van der Waals surface area contributed by atoms with Crippen LogP contribution in [0.25, 0.3) is 16.8 Å². The van der Waals surface area contributed by atoms with E-state index in [0.29, 0.717) is 22.7 Å². The van der Waals surface area contributed by atoms with Gasteiger partial charge in [0.05, 0.1) is 12.8 Å². The molecule has 1 fully saturated rings. The zero-order valence-electron chi connectivity index (χ0n) is 20.4. The molecule has 1 N–H and O–H groups in total. The number of ether oxygens (including phenoxy) is 2. The standard InChI is InChI=1S/C30H24N2O5/c1-19-12-13-20-8-6-7-11-24(20)26(19)18-37-27-17-23(36-2)15-14-21(27)16-25-28(33)31-30(35)32(29(25)34)22-9-4-3-5-10-22/h3-17H,18H2,1-2H3,(H,31,33,35)/b25-16+. The maximum atomic E-state index is 13.3. The number of barbiturate groups is 1. The summed E-state index contributed by atoms with van der Waals surface area (Å²) < 4.78 is 11.6. The average Bonchev–Trinajstić information content (AvgIpc) is 2.91. The van der Waals surface area contributed by atoms with Crippen molar-refractivity contribution in [3.63, 3.8) is 0 Å². The van der Waals surface area contributed by atoms with E-state index in [1.54, 1.807) is 55.6 Å². The van der Waals surface area contributed by atoms with Crippen molar-refractivity contribution in [1.82, 2.24) is 5.32 Å². The lowest BCUT2D eigenvalue weighted by Gasteiger charge is -2.26. The summed E-state index contributed by atoms with van der Waals surface area (Å²) in [6.45, 7) is 2.30. The van der Waals surface area contributed by atoms with Gasteiger partial charge in [-0.3, -0.25) is 14.9 Å². The number of para-hydroxylation sites is 1. The first-order valence-corrected chi connectivity index (χ1v) is 11.7. The molecule has 0 saturated carbocycles. The van der Waals surface area contributed by atoms with Crippen molar-refractivity contribution in [1.29, 1.82) is 0 Å². The Labute approximate surface area is 213 Å². The second kappa shape index (κ2) is 9.99. The third kappa shape index (κ3) is 4.67. The number of carbonyl (C=O) groups excluding carboxylic acids is 3. The van der Waals surface area contributed by atoms with Gasteiger partial charge in [-0.25, -0.2) is 9.69 Å². The van der Waals surface area contributed by atoms with Crippen molar-refractivity contribution in [2.45, 2.75) is 13.5 Å². The predicted octanol–water partition coefficient (Wildman–Crippen LogP) is 5.40. The molecule has 5 rings (SSSR count). The first-order valence-electron chi connectivity index (χ1n) is 11.7. The van der Waals surface area contributed by atoms with Crippen LogP contribution in [-0.4, -0.2) is 25.0 Å². The SMILES string of the molecule is COc1ccc(/C=C2\C(=O)NC(=O)N(c3ccccc3)C2=O)c(OCc2c(C)ccc3ccccc23)c1. The Hall–Kier alpha value is -4.91. The molecule has 0 radical (unpaired) electrons. The van der Waals surface area contributed by atoms with Crippen LogP contribution in [-0.2, 0) is 16.2 Å². The number of benzene rings is 4. The first kappa shape index (κ1) is 23.8. The first-order chi connectivity index (χ1) is 18.0. The number of hydrogen-bond acceptors (Lipinski definition) is 5. The second-order valence-electron chi connectivity index (χ2n) is 8.57. The molecular weight excluding hydrogens is 468 g/mol. The van der Waals surface area contributed by atoms with Gasteiger partial charge in [-0.05, 0) is 53.6 Å². The molecular formula is C30H24N2O5. The third-order valence-electron chi connectivity index (χ3n) is 6.28. The molecule has 0 atom stereocenters. The zero-order valence-corrected chi connectivity index (χ0v) is 20.4. The number of nitrogens with zero attached hydrogens (tertiary/aromatic N) is 1. The fourth-order valence-electron chi connectivity index (χ4n) is 4.30. The van der Waals surface area contributed by atoms with E-state index in [-0.39, 0.29) is 12.2 Å². The Bertz CT molecular complexity index is 1560. The molecule has 184 valence electrons. The van der Waals surface area contributed by atoms with Gasteiger partial charge in [0.2, 0.25) is 0 Å². The van der Waals surface area contributed by atoms with E-state index in [1.165, 1.54) is 6.08 Å². The number of urea groups is 1. The van der Waals surface area contributed by atoms with Crippen molar-refractivity contribution in [2.24, 2.45) is 0 Å². The molecule has 7 heteroatoms. The molecule has 4 amide bonds. The van der Waals surface area contributed by atoms with Crippen LogP contribution in [0, 0.1) is 6.92 Å². The Kier molecular flexibility index (Phi) is 6.43. The average molecular weight is 493 g/mol. The normalized spacial score (nSPS) is 14.7. The van der Waals surface area contributed by atoms with Crippen molar-refractivity contribution >= 4 is 40.4 Å². The van der Waals surface area contributed by atoms with E-state index in [0.717, 1.165) is 26.8 Å². The Morgan fingerprint density at radius 2 is 1.65 bits per heavy atom. The van der Waals surface area contributed by atoms with Gasteiger partial charge in [0.1, 0.15) is 23.7 Å². The molecule has 1 aliphatic heterocycles. The molecule has 37 heavy (non-hydrogen) atoms. The van der Waals surface area contributed by atoms with E-state index >= 15 is 0 Å². The van der Waals surface area contributed by atoms with Crippen LogP contribution >= 0.6 is 0 Å². The summed E-state index contributed by atoms with van der Waals surface area (Å²) in [5.41, 5.74) is 2.80. The van der Waals surface area contributed by atoms with Gasteiger partial charge in [0, 0.05) is 17.2 Å². The lowest BCUT2D eigenvalue weighted by molar-refractivity contribution is -0.122. The summed E-state index contributed by atoms with van der Waals surface area (Å²) in [6.07, 6.45) is 1.44. The lowest BCUT2D eigenvalue weighted by Crippen LogP contribution is -2.54. The fourth-order valence-corrected chi connectivity index (χ4v) is 4.30. The molecule has 0 bridgehead atoms. The second-order valence-corrected chi connectivity index (χ2v) is 8.57. The number of aryl methyl sites for hydroxylation is 1. The summed E-state index contributed by atoms with van der Waals surface area (Å²) in [4.78, 5) is 39.4. The van der Waals surface area contributed by atoms with Crippen LogP contribution in [0.3, 0.4) is 0 Å². The van der Waals surface area contributed by atoms with Crippen molar-refractivity contribution < 1.29 is 23.9 Å². The van der Waals surface area contributed by atoms with Crippen molar-refractivity contribution in [3.8, 4) is 11.5 Å². The van der Waals surface area contributed by atoms with E-state index in [1.807, 2.05) is 25.1 Å². The number of imide groups is 2. The number of rotatable bonds is 6. The minimum atomic E-state index is -0.795. The minimum Gasteiger partial charge on any atom is -0.497 e. The number of hydrogen-bond donors (Lipinski definition) is 1. The van der Waals surface area contributed by atoms with Gasteiger partial charge in [-0.15, -0.1) is 0 Å². The van der Waals surface area contributed by atoms with Crippen molar-refractivity contribution in [3.05, 3.63) is 107 Å². The molecule has 0 aliphatic carbocycles. The highest BCUT2D eigenvalue weighted by molar-refractivity contribution is 6.39.